The Kier molecular flexibility index (Phi) is 7.39. The van der Waals surface area contributed by atoms with Crippen molar-refractivity contribution < 1.29 is 19.4 Å². The van der Waals surface area contributed by atoms with Gasteiger partial charge in [-0.1, -0.05) is 0 Å². The molecule has 0 aliphatic heterocycles. The number of thioether (sulfide) groups is 1. The first-order valence-corrected chi connectivity index (χ1v) is 8.20. The van der Waals surface area contributed by atoms with Gasteiger partial charge in [0.15, 0.2) is 6.61 Å². The number of rotatable bonds is 9. The van der Waals surface area contributed by atoms with E-state index in [0.29, 0.717) is 18.1 Å². The lowest BCUT2D eigenvalue weighted by atomic mass is 10.1. The zero-order valence-corrected chi connectivity index (χ0v) is 13.5. The monoisotopic (exact) mass is 313 g/mol. The summed E-state index contributed by atoms with van der Waals surface area (Å²) in [4.78, 5) is 11.7. The van der Waals surface area contributed by atoms with Crippen LogP contribution in [-0.2, 0) is 4.79 Å². The third-order valence-corrected chi connectivity index (χ3v) is 3.54. The van der Waals surface area contributed by atoms with Crippen molar-refractivity contribution in [3.63, 3.8) is 0 Å². The minimum atomic E-state index is -0.909. The van der Waals surface area contributed by atoms with Gasteiger partial charge in [-0.15, -0.1) is 0 Å². The van der Waals surface area contributed by atoms with E-state index < -0.39 is 5.60 Å². The van der Waals surface area contributed by atoms with Crippen LogP contribution in [0.1, 0.15) is 13.8 Å². The van der Waals surface area contributed by atoms with E-state index in [1.54, 1.807) is 31.2 Å². The van der Waals surface area contributed by atoms with Gasteiger partial charge in [0, 0.05) is 12.3 Å². The van der Waals surface area contributed by atoms with Crippen LogP contribution < -0.4 is 14.8 Å². The summed E-state index contributed by atoms with van der Waals surface area (Å²) in [6.45, 7) is 4.35. The quantitative estimate of drug-likeness (QED) is 0.726. The molecule has 21 heavy (non-hydrogen) atoms. The molecule has 0 aliphatic carbocycles. The Morgan fingerprint density at radius 3 is 2.38 bits per heavy atom. The van der Waals surface area contributed by atoms with Gasteiger partial charge in [-0.3, -0.25) is 4.79 Å². The molecule has 118 valence electrons. The van der Waals surface area contributed by atoms with Crippen LogP contribution >= 0.6 is 11.8 Å². The fourth-order valence-corrected chi connectivity index (χ4v) is 2.37. The Morgan fingerprint density at radius 1 is 1.29 bits per heavy atom. The molecule has 2 N–H and O–H groups in total. The van der Waals surface area contributed by atoms with Gasteiger partial charge in [0.2, 0.25) is 0 Å². The molecule has 1 amide bonds. The lowest BCUT2D eigenvalue weighted by Gasteiger charge is -2.22. The van der Waals surface area contributed by atoms with E-state index in [4.69, 9.17) is 9.47 Å². The van der Waals surface area contributed by atoms with Gasteiger partial charge in [-0.05, 0) is 44.4 Å². The van der Waals surface area contributed by atoms with Gasteiger partial charge in [0.25, 0.3) is 5.91 Å². The van der Waals surface area contributed by atoms with Gasteiger partial charge in [-0.2, -0.15) is 11.8 Å². The minimum absolute atomic E-state index is 0.0800. The predicted molar refractivity (Wildman–Crippen MR) is 85.1 cm³/mol. The van der Waals surface area contributed by atoms with E-state index in [2.05, 4.69) is 5.32 Å². The normalized spacial score (nSPS) is 13.3. The molecule has 0 radical (unpaired) electrons. The third-order valence-electron chi connectivity index (χ3n) is 2.63. The minimum Gasteiger partial charge on any atom is -0.494 e. The lowest BCUT2D eigenvalue weighted by molar-refractivity contribution is -0.124. The van der Waals surface area contributed by atoms with Crippen LogP contribution in [0.5, 0.6) is 11.5 Å². The number of carbonyl (C=O) groups excluding carboxylic acids is 1. The summed E-state index contributed by atoms with van der Waals surface area (Å²) < 4.78 is 10.7. The zero-order valence-electron chi connectivity index (χ0n) is 12.7. The van der Waals surface area contributed by atoms with Crippen LogP contribution in [0.15, 0.2) is 24.3 Å². The topological polar surface area (TPSA) is 67.8 Å². The first-order valence-electron chi connectivity index (χ1n) is 6.80. The van der Waals surface area contributed by atoms with Crippen molar-refractivity contribution in [2.75, 3.05) is 31.8 Å². The van der Waals surface area contributed by atoms with Gasteiger partial charge in [0.05, 0.1) is 12.2 Å². The molecular weight excluding hydrogens is 290 g/mol. The van der Waals surface area contributed by atoms with Crippen molar-refractivity contribution in [3.05, 3.63) is 24.3 Å². The van der Waals surface area contributed by atoms with Gasteiger partial charge >= 0.3 is 0 Å². The highest BCUT2D eigenvalue weighted by Crippen LogP contribution is 2.17. The average Bonchev–Trinajstić information content (AvgIpc) is 2.45. The van der Waals surface area contributed by atoms with Crippen molar-refractivity contribution in [3.8, 4) is 11.5 Å². The number of hydrogen-bond acceptors (Lipinski definition) is 5. The summed E-state index contributed by atoms with van der Waals surface area (Å²) in [6.07, 6.45) is 1.91. The summed E-state index contributed by atoms with van der Waals surface area (Å²) in [5, 5.41) is 12.6. The second-order valence-electron chi connectivity index (χ2n) is 4.90. The number of aliphatic hydroxyl groups is 1. The van der Waals surface area contributed by atoms with Crippen molar-refractivity contribution >= 4 is 17.7 Å². The van der Waals surface area contributed by atoms with Crippen LogP contribution in [0.4, 0.5) is 0 Å². The molecule has 1 aromatic carbocycles. The fraction of sp³-hybridized carbons (Fsp3) is 0.533. The van der Waals surface area contributed by atoms with Crippen LogP contribution in [0.2, 0.25) is 0 Å². The standard InChI is InChI=1S/C15H23NO4S/c1-4-19-12-5-7-13(8-6-12)20-9-14(17)16-10-15(2,18)11-21-3/h5-8,18H,4,9-11H2,1-3H3,(H,16,17). The summed E-state index contributed by atoms with van der Waals surface area (Å²) in [7, 11) is 0. The summed E-state index contributed by atoms with van der Waals surface area (Å²) in [5.41, 5.74) is -0.909. The third kappa shape index (κ3) is 7.24. The molecule has 0 fully saturated rings. The Morgan fingerprint density at radius 2 is 1.86 bits per heavy atom. The predicted octanol–water partition coefficient (Wildman–Crippen LogP) is 1.69. The molecule has 0 bridgehead atoms. The number of hydrogen-bond donors (Lipinski definition) is 2. The number of nitrogens with one attached hydrogen (secondary N) is 1. The number of amides is 1. The molecule has 5 nitrogen and oxygen atoms in total. The second-order valence-corrected chi connectivity index (χ2v) is 5.77. The molecule has 6 heteroatoms. The molecule has 1 unspecified atom stereocenters. The first-order chi connectivity index (χ1) is 9.96. The van der Waals surface area contributed by atoms with Crippen LogP contribution in [0.3, 0.4) is 0 Å². The zero-order chi connectivity index (χ0) is 15.7. The second kappa shape index (κ2) is 8.79. The maximum Gasteiger partial charge on any atom is 0.258 e. The Labute approximate surface area is 130 Å². The molecule has 0 heterocycles. The molecule has 0 aromatic heterocycles. The molecule has 0 saturated heterocycles. The van der Waals surface area contributed by atoms with E-state index in [-0.39, 0.29) is 19.1 Å². The molecule has 0 spiro atoms. The molecule has 1 rings (SSSR count). The fourth-order valence-electron chi connectivity index (χ4n) is 1.65. The van der Waals surface area contributed by atoms with Gasteiger partial charge in [-0.25, -0.2) is 0 Å². The van der Waals surface area contributed by atoms with Crippen molar-refractivity contribution in [2.24, 2.45) is 0 Å². The maximum atomic E-state index is 11.7. The van der Waals surface area contributed by atoms with Crippen LogP contribution in [0.25, 0.3) is 0 Å². The average molecular weight is 313 g/mol. The molecule has 1 atom stereocenters. The first kappa shape index (κ1) is 17.7. The number of ether oxygens (including phenoxy) is 2. The highest BCUT2D eigenvalue weighted by atomic mass is 32.2. The molecular formula is C15H23NO4S. The van der Waals surface area contributed by atoms with Gasteiger partial charge < -0.3 is 19.9 Å². The summed E-state index contributed by atoms with van der Waals surface area (Å²) >= 11 is 1.53. The highest BCUT2D eigenvalue weighted by molar-refractivity contribution is 7.98. The van der Waals surface area contributed by atoms with E-state index in [1.807, 2.05) is 13.2 Å². The van der Waals surface area contributed by atoms with E-state index >= 15 is 0 Å². The number of carbonyl (C=O) groups is 1. The maximum absolute atomic E-state index is 11.7. The van der Waals surface area contributed by atoms with Crippen LogP contribution in [0, 0.1) is 0 Å². The van der Waals surface area contributed by atoms with Gasteiger partial charge in [0.1, 0.15) is 11.5 Å². The summed E-state index contributed by atoms with van der Waals surface area (Å²) in [6, 6.07) is 7.09. The molecule has 1 aromatic rings. The largest absolute Gasteiger partial charge is 0.494 e. The Bertz CT molecular complexity index is 434. The summed E-state index contributed by atoms with van der Waals surface area (Å²) in [5.74, 6) is 1.67. The van der Waals surface area contributed by atoms with Crippen molar-refractivity contribution in [2.45, 2.75) is 19.4 Å². The Balaban J connectivity index is 2.32. The van der Waals surface area contributed by atoms with E-state index in [1.165, 1.54) is 11.8 Å². The van der Waals surface area contributed by atoms with Crippen molar-refractivity contribution in [1.29, 1.82) is 0 Å². The Hall–Kier alpha value is -1.40. The molecule has 0 saturated carbocycles. The molecule has 0 aliphatic rings. The highest BCUT2D eigenvalue weighted by Gasteiger charge is 2.20. The van der Waals surface area contributed by atoms with E-state index in [0.717, 1.165) is 5.75 Å². The van der Waals surface area contributed by atoms with Crippen molar-refractivity contribution in [1.82, 2.24) is 5.32 Å². The lowest BCUT2D eigenvalue weighted by Crippen LogP contribution is -2.43. The van der Waals surface area contributed by atoms with E-state index in [9.17, 15) is 9.90 Å². The SMILES string of the molecule is CCOc1ccc(OCC(=O)NCC(C)(O)CSC)cc1. The van der Waals surface area contributed by atoms with Crippen LogP contribution in [-0.4, -0.2) is 48.4 Å². The number of benzene rings is 1. The smallest absolute Gasteiger partial charge is 0.258 e.